The number of aromatic nitrogens is 4. The number of nitrogens with zero attached hydrogens (tertiary/aromatic N) is 4. The highest BCUT2D eigenvalue weighted by atomic mass is 32.4. The van der Waals surface area contributed by atoms with Crippen LogP contribution in [0.25, 0.3) is 11.2 Å². The van der Waals surface area contributed by atoms with Gasteiger partial charge in [0.2, 0.25) is 0 Å². The van der Waals surface area contributed by atoms with Gasteiger partial charge in [-0.3, -0.25) is 0 Å². The smallest absolute Gasteiger partial charge is 0.165 e. The van der Waals surface area contributed by atoms with Gasteiger partial charge >= 0.3 is 0 Å². The van der Waals surface area contributed by atoms with Gasteiger partial charge in [0, 0.05) is 6.54 Å². The van der Waals surface area contributed by atoms with Crippen LogP contribution in [0.5, 0.6) is 0 Å². The lowest BCUT2D eigenvalue weighted by molar-refractivity contribution is 0.476. The average molecular weight is 311 g/mol. The number of anilines is 1. The maximum atomic E-state index is 5.80. The van der Waals surface area contributed by atoms with Crippen LogP contribution in [-0.2, 0) is 18.4 Å². The van der Waals surface area contributed by atoms with E-state index in [4.69, 9.17) is 17.5 Å². The van der Waals surface area contributed by atoms with Gasteiger partial charge in [-0.2, -0.15) is 0 Å². The largest absolute Gasteiger partial charge is 0.382 e. The molecule has 0 bridgehead atoms. The molecule has 0 aromatic carbocycles. The summed E-state index contributed by atoms with van der Waals surface area (Å²) < 4.78 is 2.06. The van der Waals surface area contributed by atoms with E-state index >= 15 is 0 Å². The van der Waals surface area contributed by atoms with Crippen LogP contribution in [-0.4, -0.2) is 38.5 Å². The zero-order chi connectivity index (χ0) is 14.8. The summed E-state index contributed by atoms with van der Waals surface area (Å²) in [5.74, 6) is 0.994. The van der Waals surface area contributed by atoms with Gasteiger partial charge in [-0.25, -0.2) is 15.0 Å². The summed E-state index contributed by atoms with van der Waals surface area (Å²) in [5, 5.41) is 0. The molecule has 0 saturated carbocycles. The molecule has 0 aliphatic carbocycles. The van der Waals surface area contributed by atoms with Crippen molar-refractivity contribution in [2.75, 3.05) is 24.7 Å². The second kappa shape index (κ2) is 6.19. The second-order valence-electron chi connectivity index (χ2n) is 5.56. The molecule has 0 saturated heterocycles. The highest BCUT2D eigenvalue weighted by Crippen LogP contribution is 2.42. The molecule has 0 spiro atoms. The lowest BCUT2D eigenvalue weighted by Crippen LogP contribution is -2.09. The monoisotopic (exact) mass is 311 g/mol. The van der Waals surface area contributed by atoms with Crippen molar-refractivity contribution < 1.29 is 0 Å². The number of hydrogen-bond donors (Lipinski definition) is 1. The van der Waals surface area contributed by atoms with Crippen molar-refractivity contribution in [1.29, 1.82) is 0 Å². The van der Waals surface area contributed by atoms with E-state index < -0.39 is 6.04 Å². The van der Waals surface area contributed by atoms with Gasteiger partial charge in [-0.05, 0) is 37.4 Å². The molecule has 0 amide bonds. The third-order valence-electron chi connectivity index (χ3n) is 3.70. The molecular formula is C13H22N5PS. The van der Waals surface area contributed by atoms with E-state index in [-0.39, 0.29) is 0 Å². The molecule has 0 aliphatic heterocycles. The zero-order valence-corrected chi connectivity index (χ0v) is 14.0. The van der Waals surface area contributed by atoms with E-state index in [1.54, 1.807) is 6.33 Å². The van der Waals surface area contributed by atoms with Crippen molar-refractivity contribution in [3.05, 3.63) is 12.7 Å². The Kier molecular flexibility index (Phi) is 4.76. The lowest BCUT2D eigenvalue weighted by Gasteiger charge is -2.18. The first-order valence-electron chi connectivity index (χ1n) is 6.90. The van der Waals surface area contributed by atoms with E-state index in [9.17, 15) is 0 Å². The molecule has 2 aromatic rings. The number of rotatable bonds is 6. The Morgan fingerprint density at radius 3 is 2.85 bits per heavy atom. The highest BCUT2D eigenvalue weighted by Gasteiger charge is 2.13. The Balaban J connectivity index is 2.05. The summed E-state index contributed by atoms with van der Waals surface area (Å²) in [6.07, 6.45) is 6.76. The van der Waals surface area contributed by atoms with Gasteiger partial charge in [0.05, 0.1) is 6.33 Å². The van der Waals surface area contributed by atoms with Crippen molar-refractivity contribution >= 4 is 34.8 Å². The van der Waals surface area contributed by atoms with Gasteiger partial charge in [0.1, 0.15) is 11.8 Å². The summed E-state index contributed by atoms with van der Waals surface area (Å²) in [5.41, 5.74) is 7.30. The predicted octanol–water partition coefficient (Wildman–Crippen LogP) is 2.56. The standard InChI is InChI=1S/C13H22N5PS/c1-4-19(3,20)6-5-10(2)7-18-9-17-11-12(14)15-8-16-13(11)18/h8-10H,4-7H2,1-3H3,(H2,14,15,16)/t10-,19?/m0/s1. The Hall–Kier alpha value is -1.00. The number of fused-ring (bicyclic) bond motifs is 1. The fraction of sp³-hybridized carbons (Fsp3) is 0.615. The molecule has 2 N–H and O–H groups in total. The third kappa shape index (κ3) is 3.55. The minimum absolute atomic E-state index is 0.441. The summed E-state index contributed by atoms with van der Waals surface area (Å²) in [6, 6.07) is -1.11. The van der Waals surface area contributed by atoms with Crippen molar-refractivity contribution in [3.63, 3.8) is 0 Å². The van der Waals surface area contributed by atoms with Crippen LogP contribution in [0.4, 0.5) is 5.82 Å². The predicted molar refractivity (Wildman–Crippen MR) is 89.1 cm³/mol. The Morgan fingerprint density at radius 1 is 1.40 bits per heavy atom. The molecule has 0 radical (unpaired) electrons. The van der Waals surface area contributed by atoms with Crippen molar-refractivity contribution in [2.24, 2.45) is 5.92 Å². The lowest BCUT2D eigenvalue weighted by atomic mass is 10.1. The number of hydrogen-bond acceptors (Lipinski definition) is 5. The van der Waals surface area contributed by atoms with Crippen molar-refractivity contribution in [1.82, 2.24) is 19.5 Å². The first-order valence-corrected chi connectivity index (χ1v) is 10.5. The Labute approximate surface area is 125 Å². The summed E-state index contributed by atoms with van der Waals surface area (Å²) in [6.45, 7) is 7.61. The van der Waals surface area contributed by atoms with Crippen LogP contribution in [0.15, 0.2) is 12.7 Å². The average Bonchev–Trinajstić information content (AvgIpc) is 2.82. The van der Waals surface area contributed by atoms with Crippen LogP contribution >= 0.6 is 6.04 Å². The molecular weight excluding hydrogens is 289 g/mol. The SMILES string of the molecule is CCP(C)(=S)CC[C@H](C)Cn1cnc2c(N)ncnc21. The van der Waals surface area contributed by atoms with Crippen LogP contribution < -0.4 is 5.73 Å². The van der Waals surface area contributed by atoms with E-state index in [1.807, 2.05) is 0 Å². The van der Waals surface area contributed by atoms with Gasteiger partial charge < -0.3 is 10.3 Å². The minimum Gasteiger partial charge on any atom is -0.382 e. The van der Waals surface area contributed by atoms with Crippen LogP contribution in [0.3, 0.4) is 0 Å². The van der Waals surface area contributed by atoms with Crippen LogP contribution in [0.2, 0.25) is 0 Å². The summed E-state index contributed by atoms with van der Waals surface area (Å²) >= 11 is 5.66. The number of nitrogen functional groups attached to an aromatic ring is 1. The van der Waals surface area contributed by atoms with Gasteiger partial charge in [-0.15, -0.1) is 0 Å². The van der Waals surface area contributed by atoms with E-state index in [0.717, 1.165) is 24.8 Å². The normalized spacial score (nSPS) is 16.1. The molecule has 5 nitrogen and oxygen atoms in total. The summed E-state index contributed by atoms with van der Waals surface area (Å²) in [7, 11) is 0. The fourth-order valence-corrected chi connectivity index (χ4v) is 3.73. The van der Waals surface area contributed by atoms with Gasteiger partial charge in [0.15, 0.2) is 11.5 Å². The van der Waals surface area contributed by atoms with Gasteiger partial charge in [-0.1, -0.05) is 25.7 Å². The maximum Gasteiger partial charge on any atom is 0.165 e. The minimum atomic E-state index is -1.11. The van der Waals surface area contributed by atoms with Crippen LogP contribution in [0, 0.1) is 5.92 Å². The second-order valence-corrected chi connectivity index (χ2v) is 11.9. The quantitative estimate of drug-likeness (QED) is 0.830. The molecule has 2 heterocycles. The molecule has 7 heteroatoms. The molecule has 0 aliphatic rings. The number of nitrogens with two attached hydrogens (primary N) is 1. The summed E-state index contributed by atoms with van der Waals surface area (Å²) in [4.78, 5) is 12.5. The van der Waals surface area contributed by atoms with E-state index in [2.05, 4.69) is 40.0 Å². The van der Waals surface area contributed by atoms with Crippen LogP contribution in [0.1, 0.15) is 20.3 Å². The molecule has 2 rings (SSSR count). The molecule has 1 unspecified atom stereocenters. The van der Waals surface area contributed by atoms with E-state index in [0.29, 0.717) is 17.3 Å². The highest BCUT2D eigenvalue weighted by molar-refractivity contribution is 8.14. The topological polar surface area (TPSA) is 69.6 Å². The van der Waals surface area contributed by atoms with E-state index in [1.165, 1.54) is 12.5 Å². The molecule has 2 aromatic heterocycles. The Morgan fingerprint density at radius 2 is 2.15 bits per heavy atom. The Bertz CT molecular complexity index is 639. The van der Waals surface area contributed by atoms with Crippen molar-refractivity contribution in [3.8, 4) is 0 Å². The molecule has 20 heavy (non-hydrogen) atoms. The fourth-order valence-electron chi connectivity index (χ4n) is 2.11. The van der Waals surface area contributed by atoms with Gasteiger partial charge in [0.25, 0.3) is 0 Å². The first kappa shape index (κ1) is 15.4. The van der Waals surface area contributed by atoms with Crippen molar-refractivity contribution in [2.45, 2.75) is 26.8 Å². The third-order valence-corrected chi connectivity index (χ3v) is 7.57. The zero-order valence-electron chi connectivity index (χ0n) is 12.3. The first-order chi connectivity index (χ1) is 9.43. The maximum absolute atomic E-state index is 5.80. The molecule has 110 valence electrons. The molecule has 2 atom stereocenters. The number of imidazole rings is 1. The molecule has 0 fully saturated rings.